The van der Waals surface area contributed by atoms with Gasteiger partial charge in [-0.25, -0.2) is 0 Å². The maximum Gasteiger partial charge on any atom is 0.282 e. The van der Waals surface area contributed by atoms with Crippen LogP contribution in [0.25, 0.3) is 0 Å². The van der Waals surface area contributed by atoms with Crippen molar-refractivity contribution in [2.75, 3.05) is 5.32 Å². The number of nitrogens with one attached hydrogen (secondary N) is 1. The maximum absolute atomic E-state index is 12.7. The topological polar surface area (TPSA) is 62.8 Å². The number of hydrogen-bond acceptors (Lipinski definition) is 2. The molecule has 0 aromatic heterocycles. The van der Waals surface area contributed by atoms with E-state index >= 15 is 0 Å². The molecule has 2 atom stereocenters. The number of amides is 1. The molecule has 0 aliphatic rings. The van der Waals surface area contributed by atoms with Crippen LogP contribution in [0.4, 0.5) is 5.69 Å². The lowest BCUT2D eigenvalue weighted by Crippen LogP contribution is -2.93. The van der Waals surface area contributed by atoms with Crippen molar-refractivity contribution in [2.24, 2.45) is 5.92 Å². The summed E-state index contributed by atoms with van der Waals surface area (Å²) in [7, 11) is 0. The zero-order valence-electron chi connectivity index (χ0n) is 17.0. The summed E-state index contributed by atoms with van der Waals surface area (Å²) in [6.45, 7) is 9.94. The predicted molar refractivity (Wildman–Crippen MR) is 110 cm³/mol. The Morgan fingerprint density at radius 1 is 1.04 bits per heavy atom. The van der Waals surface area contributed by atoms with Crippen molar-refractivity contribution in [1.29, 1.82) is 0 Å². The van der Waals surface area contributed by atoms with E-state index in [4.69, 9.17) is 0 Å². The van der Waals surface area contributed by atoms with Crippen molar-refractivity contribution < 1.29 is 14.9 Å². The van der Waals surface area contributed by atoms with Gasteiger partial charge in [0.2, 0.25) is 0 Å². The van der Waals surface area contributed by atoms with Crippen molar-refractivity contribution in [3.05, 3.63) is 65.2 Å². The Hall–Kier alpha value is -2.46. The summed E-state index contributed by atoms with van der Waals surface area (Å²) in [5.74, 6) is 0.321. The first-order valence-electron chi connectivity index (χ1n) is 9.67. The van der Waals surface area contributed by atoms with Crippen LogP contribution in [0, 0.1) is 5.92 Å². The van der Waals surface area contributed by atoms with Gasteiger partial charge < -0.3 is 10.6 Å². The van der Waals surface area contributed by atoms with Gasteiger partial charge in [0.1, 0.15) is 6.04 Å². The smallest absolute Gasteiger partial charge is 0.282 e. The van der Waals surface area contributed by atoms with E-state index in [1.807, 2.05) is 6.92 Å². The standard InChI is InChI=1S/C23H30N2O2/c1-6-18-10-12-19(13-11-18)22(15(2)3)24-16(4)23(27)25-21-9-7-8-20(14-21)17(5)26/h7-16,22,24H,6H2,1-5H3,(H,25,27)/p+1/t16-,22+/m0/s1. The molecule has 0 radical (unpaired) electrons. The van der Waals surface area contributed by atoms with Gasteiger partial charge in [0.25, 0.3) is 5.91 Å². The molecule has 2 aromatic carbocycles. The Balaban J connectivity index is 2.07. The van der Waals surface area contributed by atoms with E-state index in [1.165, 1.54) is 18.1 Å². The van der Waals surface area contributed by atoms with E-state index in [2.05, 4.69) is 55.7 Å². The lowest BCUT2D eigenvalue weighted by atomic mass is 9.94. The van der Waals surface area contributed by atoms with Crippen LogP contribution >= 0.6 is 0 Å². The minimum absolute atomic E-state index is 0.0129. The molecule has 2 rings (SSSR count). The van der Waals surface area contributed by atoms with E-state index in [1.54, 1.807) is 24.3 Å². The van der Waals surface area contributed by atoms with Gasteiger partial charge in [-0.2, -0.15) is 0 Å². The fraction of sp³-hybridized carbons (Fsp3) is 0.391. The molecule has 2 aromatic rings. The second kappa shape index (κ2) is 9.47. The monoisotopic (exact) mass is 367 g/mol. The molecule has 0 bridgehead atoms. The molecule has 0 spiro atoms. The van der Waals surface area contributed by atoms with Crippen LogP contribution in [0.3, 0.4) is 0 Å². The summed E-state index contributed by atoms with van der Waals surface area (Å²) >= 11 is 0. The molecular formula is C23H31N2O2+. The average Bonchev–Trinajstić information content (AvgIpc) is 2.66. The molecule has 0 aliphatic carbocycles. The summed E-state index contributed by atoms with van der Waals surface area (Å²) in [6, 6.07) is 15.7. The Kier molecular flexibility index (Phi) is 7.31. The van der Waals surface area contributed by atoms with Crippen LogP contribution in [0.5, 0.6) is 0 Å². The second-order valence-electron chi connectivity index (χ2n) is 7.47. The molecule has 0 unspecified atom stereocenters. The third-order valence-corrected chi connectivity index (χ3v) is 4.94. The Morgan fingerprint density at radius 3 is 2.26 bits per heavy atom. The zero-order valence-corrected chi connectivity index (χ0v) is 17.0. The molecule has 4 nitrogen and oxygen atoms in total. The van der Waals surface area contributed by atoms with Crippen LogP contribution in [-0.4, -0.2) is 17.7 Å². The number of benzene rings is 2. The van der Waals surface area contributed by atoms with Crippen molar-refractivity contribution >= 4 is 17.4 Å². The van der Waals surface area contributed by atoms with E-state index in [0.717, 1.165) is 6.42 Å². The molecular weight excluding hydrogens is 336 g/mol. The first-order valence-corrected chi connectivity index (χ1v) is 9.67. The van der Waals surface area contributed by atoms with Gasteiger partial charge in [-0.3, -0.25) is 9.59 Å². The lowest BCUT2D eigenvalue weighted by Gasteiger charge is -2.23. The summed E-state index contributed by atoms with van der Waals surface area (Å²) < 4.78 is 0. The van der Waals surface area contributed by atoms with Crippen LogP contribution in [-0.2, 0) is 11.2 Å². The number of carbonyl (C=O) groups is 2. The first-order chi connectivity index (χ1) is 12.8. The van der Waals surface area contributed by atoms with E-state index in [-0.39, 0.29) is 23.8 Å². The fourth-order valence-corrected chi connectivity index (χ4v) is 3.16. The van der Waals surface area contributed by atoms with Crippen LogP contribution in [0.15, 0.2) is 48.5 Å². The first kappa shape index (κ1) is 20.8. The third-order valence-electron chi connectivity index (χ3n) is 4.94. The highest BCUT2D eigenvalue weighted by molar-refractivity contribution is 5.97. The van der Waals surface area contributed by atoms with Gasteiger partial charge in [-0.1, -0.05) is 57.2 Å². The zero-order chi connectivity index (χ0) is 20.0. The van der Waals surface area contributed by atoms with Gasteiger partial charge in [0, 0.05) is 22.7 Å². The summed E-state index contributed by atoms with van der Waals surface area (Å²) in [5.41, 5.74) is 3.81. The molecule has 1 amide bonds. The fourth-order valence-electron chi connectivity index (χ4n) is 3.16. The quantitative estimate of drug-likeness (QED) is 0.698. The van der Waals surface area contributed by atoms with Crippen LogP contribution < -0.4 is 10.6 Å². The number of Topliss-reactive ketones (excluding diaryl/α,β-unsaturated/α-hetero) is 1. The number of nitrogens with two attached hydrogens (primary N) is 1. The molecule has 4 heteroatoms. The molecule has 3 N–H and O–H groups in total. The van der Waals surface area contributed by atoms with Gasteiger partial charge in [-0.05, 0) is 38.0 Å². The van der Waals surface area contributed by atoms with Crippen molar-refractivity contribution in [3.63, 3.8) is 0 Å². The number of rotatable bonds is 8. The summed E-state index contributed by atoms with van der Waals surface area (Å²) in [4.78, 5) is 24.2. The number of hydrogen-bond donors (Lipinski definition) is 2. The number of carbonyl (C=O) groups excluding carboxylic acids is 2. The van der Waals surface area contributed by atoms with Crippen molar-refractivity contribution in [1.82, 2.24) is 0 Å². The molecule has 0 saturated heterocycles. The number of anilines is 1. The minimum atomic E-state index is -0.246. The van der Waals surface area contributed by atoms with Crippen molar-refractivity contribution in [3.8, 4) is 0 Å². The predicted octanol–water partition coefficient (Wildman–Crippen LogP) is 3.74. The highest BCUT2D eigenvalue weighted by Gasteiger charge is 2.26. The van der Waals surface area contributed by atoms with E-state index in [0.29, 0.717) is 17.2 Å². The number of aryl methyl sites for hydroxylation is 1. The van der Waals surface area contributed by atoms with Gasteiger partial charge in [-0.15, -0.1) is 0 Å². The number of quaternary nitrogens is 1. The molecule has 27 heavy (non-hydrogen) atoms. The molecule has 0 saturated carbocycles. The lowest BCUT2D eigenvalue weighted by molar-refractivity contribution is -0.718. The van der Waals surface area contributed by atoms with Gasteiger partial charge >= 0.3 is 0 Å². The molecule has 0 aliphatic heterocycles. The van der Waals surface area contributed by atoms with E-state index < -0.39 is 0 Å². The average molecular weight is 368 g/mol. The maximum atomic E-state index is 12.7. The Bertz CT molecular complexity index is 781. The van der Waals surface area contributed by atoms with Crippen LogP contribution in [0.2, 0.25) is 0 Å². The van der Waals surface area contributed by atoms with Gasteiger partial charge in [0.05, 0.1) is 0 Å². The second-order valence-corrected chi connectivity index (χ2v) is 7.47. The minimum Gasteiger partial charge on any atom is -0.330 e. The SMILES string of the molecule is CCc1ccc([C@H]([NH2+][C@@H](C)C(=O)Nc2cccc(C(C)=O)c2)C(C)C)cc1. The molecule has 0 fully saturated rings. The van der Waals surface area contributed by atoms with Crippen molar-refractivity contribution in [2.45, 2.75) is 53.1 Å². The molecule has 0 heterocycles. The Morgan fingerprint density at radius 2 is 1.70 bits per heavy atom. The highest BCUT2D eigenvalue weighted by Crippen LogP contribution is 2.19. The summed E-state index contributed by atoms with van der Waals surface area (Å²) in [5, 5.41) is 5.05. The Labute approximate surface area is 162 Å². The van der Waals surface area contributed by atoms with E-state index in [9.17, 15) is 9.59 Å². The third kappa shape index (κ3) is 5.76. The largest absolute Gasteiger partial charge is 0.330 e. The molecule has 144 valence electrons. The normalized spacial score (nSPS) is 13.3. The van der Waals surface area contributed by atoms with Crippen LogP contribution in [0.1, 0.15) is 62.1 Å². The summed E-state index contributed by atoms with van der Waals surface area (Å²) in [6.07, 6.45) is 1.02. The highest BCUT2D eigenvalue weighted by atomic mass is 16.2. The van der Waals surface area contributed by atoms with Gasteiger partial charge in [0.15, 0.2) is 11.8 Å². The number of ketones is 1.